The Balaban J connectivity index is 1.99. The first kappa shape index (κ1) is 10.1. The van der Waals surface area contributed by atoms with Gasteiger partial charge < -0.3 is 10.6 Å². The Morgan fingerprint density at radius 3 is 2.94 bits per heavy atom. The minimum absolute atomic E-state index is 0.219. The molecule has 1 saturated carbocycles. The second-order valence-corrected chi connectivity index (χ2v) is 5.41. The minimum atomic E-state index is -0.460. The van der Waals surface area contributed by atoms with Crippen molar-refractivity contribution in [1.82, 2.24) is 4.98 Å². The Morgan fingerprint density at radius 2 is 2.31 bits per heavy atom. The van der Waals surface area contributed by atoms with Crippen molar-refractivity contribution in [2.75, 3.05) is 11.4 Å². The van der Waals surface area contributed by atoms with E-state index in [1.165, 1.54) is 0 Å². The molecule has 2 saturated heterocycles. The molecule has 1 aromatic heterocycles. The maximum absolute atomic E-state index is 11.6. The van der Waals surface area contributed by atoms with Gasteiger partial charge in [-0.1, -0.05) is 6.07 Å². The molecule has 84 valence electrons. The van der Waals surface area contributed by atoms with Crippen LogP contribution in [0.5, 0.6) is 0 Å². The Bertz CT molecular complexity index is 456. The number of hydrogen-bond acceptors (Lipinski definition) is 3. The maximum atomic E-state index is 11.6. The highest BCUT2D eigenvalue weighted by Crippen LogP contribution is 2.51. The van der Waals surface area contributed by atoms with Crippen molar-refractivity contribution in [1.29, 1.82) is 0 Å². The van der Waals surface area contributed by atoms with Gasteiger partial charge in [0, 0.05) is 6.54 Å². The topological polar surface area (TPSA) is 59.2 Å². The summed E-state index contributed by atoms with van der Waals surface area (Å²) in [6, 6.07) is 5.73. The van der Waals surface area contributed by atoms with Gasteiger partial charge in [-0.15, -0.1) is 0 Å². The molecule has 4 nitrogen and oxygen atoms in total. The molecule has 0 atom stereocenters. The Morgan fingerprint density at radius 1 is 1.56 bits per heavy atom. The van der Waals surface area contributed by atoms with E-state index in [2.05, 4.69) is 25.8 Å². The number of anilines is 1. The predicted molar refractivity (Wildman–Crippen MR) is 63.9 cm³/mol. The van der Waals surface area contributed by atoms with Crippen LogP contribution in [0, 0.1) is 5.92 Å². The molecule has 4 rings (SSSR count). The molecule has 0 radical (unpaired) electrons. The Kier molecular flexibility index (Phi) is 2.01. The van der Waals surface area contributed by atoms with Gasteiger partial charge in [0.15, 0.2) is 0 Å². The Hall–Kier alpha value is -1.10. The quantitative estimate of drug-likeness (QED) is 0.832. The van der Waals surface area contributed by atoms with Crippen molar-refractivity contribution in [2.24, 2.45) is 11.7 Å². The lowest BCUT2D eigenvalue weighted by Gasteiger charge is -2.39. The first-order valence-corrected chi connectivity index (χ1v) is 6.11. The van der Waals surface area contributed by atoms with E-state index in [4.69, 9.17) is 5.73 Å². The van der Waals surface area contributed by atoms with Crippen LogP contribution in [0.4, 0.5) is 5.82 Å². The van der Waals surface area contributed by atoms with Crippen LogP contribution in [0.1, 0.15) is 12.8 Å². The molecule has 3 aliphatic rings. The van der Waals surface area contributed by atoms with E-state index in [1.807, 2.05) is 18.2 Å². The van der Waals surface area contributed by atoms with Gasteiger partial charge in [0.25, 0.3) is 0 Å². The molecule has 5 heteroatoms. The van der Waals surface area contributed by atoms with Crippen molar-refractivity contribution in [2.45, 2.75) is 18.4 Å². The van der Waals surface area contributed by atoms with Crippen LogP contribution in [-0.2, 0) is 4.79 Å². The average Bonchev–Trinajstić information content (AvgIpc) is 2.71. The lowest BCUT2D eigenvalue weighted by Crippen LogP contribution is -2.56. The molecule has 0 unspecified atom stereocenters. The van der Waals surface area contributed by atoms with Crippen molar-refractivity contribution in [3.05, 3.63) is 22.8 Å². The highest BCUT2D eigenvalue weighted by atomic mass is 79.9. The van der Waals surface area contributed by atoms with E-state index >= 15 is 0 Å². The number of pyridine rings is 1. The van der Waals surface area contributed by atoms with Gasteiger partial charge in [0.2, 0.25) is 5.91 Å². The lowest BCUT2D eigenvalue weighted by molar-refractivity contribution is -0.125. The van der Waals surface area contributed by atoms with Gasteiger partial charge in [-0.3, -0.25) is 4.79 Å². The largest absolute Gasteiger partial charge is 0.368 e. The summed E-state index contributed by atoms with van der Waals surface area (Å²) in [7, 11) is 0. The third-order valence-corrected chi connectivity index (χ3v) is 4.09. The van der Waals surface area contributed by atoms with E-state index in [1.54, 1.807) is 0 Å². The molecular weight excluding hydrogens is 270 g/mol. The summed E-state index contributed by atoms with van der Waals surface area (Å²) >= 11 is 3.34. The summed E-state index contributed by atoms with van der Waals surface area (Å²) in [5.41, 5.74) is 5.06. The second kappa shape index (κ2) is 3.20. The number of amides is 1. The minimum Gasteiger partial charge on any atom is -0.368 e. The number of hydrogen-bond donors (Lipinski definition) is 1. The maximum Gasteiger partial charge on any atom is 0.243 e. The number of aromatic nitrogens is 1. The monoisotopic (exact) mass is 281 g/mol. The van der Waals surface area contributed by atoms with Crippen molar-refractivity contribution >= 4 is 27.7 Å². The van der Waals surface area contributed by atoms with Crippen LogP contribution in [0.3, 0.4) is 0 Å². The highest BCUT2D eigenvalue weighted by Gasteiger charge is 2.60. The number of halogens is 1. The lowest BCUT2D eigenvalue weighted by atomic mass is 9.73. The van der Waals surface area contributed by atoms with Crippen LogP contribution in [-0.4, -0.2) is 23.0 Å². The molecule has 0 spiro atoms. The van der Waals surface area contributed by atoms with E-state index in [0.29, 0.717) is 5.92 Å². The second-order valence-electron chi connectivity index (χ2n) is 4.60. The smallest absolute Gasteiger partial charge is 0.243 e. The van der Waals surface area contributed by atoms with Crippen LogP contribution in [0.25, 0.3) is 0 Å². The highest BCUT2D eigenvalue weighted by molar-refractivity contribution is 9.10. The fourth-order valence-corrected chi connectivity index (χ4v) is 3.21. The number of carbonyl (C=O) groups excluding carboxylic acids is 1. The van der Waals surface area contributed by atoms with E-state index in [-0.39, 0.29) is 5.91 Å². The zero-order valence-electron chi connectivity index (χ0n) is 8.69. The summed E-state index contributed by atoms with van der Waals surface area (Å²) in [5.74, 6) is 1.23. The molecule has 2 aliphatic heterocycles. The summed E-state index contributed by atoms with van der Waals surface area (Å²) < 4.78 is 0.786. The van der Waals surface area contributed by atoms with Crippen molar-refractivity contribution in [3.63, 3.8) is 0 Å². The molecule has 1 aliphatic carbocycles. The molecule has 3 heterocycles. The van der Waals surface area contributed by atoms with Gasteiger partial charge in [0.1, 0.15) is 16.0 Å². The number of nitrogens with two attached hydrogens (primary N) is 1. The number of fused-ring (bicyclic) bond motifs is 1. The first-order chi connectivity index (χ1) is 7.62. The van der Waals surface area contributed by atoms with Crippen LogP contribution in [0.15, 0.2) is 22.8 Å². The van der Waals surface area contributed by atoms with Gasteiger partial charge in [0.05, 0.1) is 0 Å². The van der Waals surface area contributed by atoms with Crippen molar-refractivity contribution < 1.29 is 4.79 Å². The predicted octanol–water partition coefficient (Wildman–Crippen LogP) is 1.30. The number of primary amides is 1. The Labute approximate surface area is 102 Å². The third-order valence-electron chi connectivity index (χ3n) is 3.65. The van der Waals surface area contributed by atoms with Gasteiger partial charge in [-0.2, -0.15) is 0 Å². The molecule has 1 amide bonds. The average molecular weight is 282 g/mol. The van der Waals surface area contributed by atoms with Crippen LogP contribution >= 0.6 is 15.9 Å². The molecule has 2 N–H and O–H groups in total. The summed E-state index contributed by atoms with van der Waals surface area (Å²) in [6.07, 6.45) is 1.77. The SMILES string of the molecule is NC(=O)C12CC(CN1c1cccc(Br)n1)C2. The fraction of sp³-hybridized carbons (Fsp3) is 0.455. The molecule has 2 bridgehead atoms. The molecular formula is C11H12BrN3O. The fourth-order valence-electron chi connectivity index (χ4n) is 2.87. The summed E-state index contributed by atoms with van der Waals surface area (Å²) in [5, 5.41) is 0. The van der Waals surface area contributed by atoms with Crippen LogP contribution < -0.4 is 10.6 Å². The third kappa shape index (κ3) is 1.21. The molecule has 3 fully saturated rings. The zero-order chi connectivity index (χ0) is 11.3. The number of rotatable bonds is 2. The van der Waals surface area contributed by atoms with Gasteiger partial charge in [-0.25, -0.2) is 4.98 Å². The van der Waals surface area contributed by atoms with Gasteiger partial charge in [-0.05, 0) is 46.8 Å². The molecule has 0 aromatic carbocycles. The van der Waals surface area contributed by atoms with E-state index < -0.39 is 5.54 Å². The van der Waals surface area contributed by atoms with E-state index in [9.17, 15) is 4.79 Å². The van der Waals surface area contributed by atoms with Crippen LogP contribution in [0.2, 0.25) is 0 Å². The van der Waals surface area contributed by atoms with Crippen molar-refractivity contribution in [3.8, 4) is 0 Å². The van der Waals surface area contributed by atoms with E-state index in [0.717, 1.165) is 29.8 Å². The zero-order valence-corrected chi connectivity index (χ0v) is 10.3. The number of carbonyl (C=O) groups is 1. The first-order valence-electron chi connectivity index (χ1n) is 5.32. The summed E-state index contributed by atoms with van der Waals surface area (Å²) in [6.45, 7) is 0.895. The molecule has 1 aromatic rings. The standard InChI is InChI=1S/C11H12BrN3O/c12-8-2-1-3-9(14-8)15-6-7-4-11(15,5-7)10(13)16/h1-3,7H,4-6H2,(H2,13,16). The summed E-state index contributed by atoms with van der Waals surface area (Å²) in [4.78, 5) is 18.0. The number of nitrogens with zero attached hydrogens (tertiary/aromatic N) is 2. The molecule has 16 heavy (non-hydrogen) atoms. The normalized spacial score (nSPS) is 31.3. The van der Waals surface area contributed by atoms with Gasteiger partial charge >= 0.3 is 0 Å².